The summed E-state index contributed by atoms with van der Waals surface area (Å²) in [6, 6.07) is 0. The highest BCUT2D eigenvalue weighted by molar-refractivity contribution is 9.10. The summed E-state index contributed by atoms with van der Waals surface area (Å²) in [5.74, 6) is -0.0968. The molecule has 0 radical (unpaired) electrons. The largest absolute Gasteiger partial charge is 0.468 e. The lowest BCUT2D eigenvalue weighted by atomic mass is 9.82. The normalized spacial score (nSPS) is 12.9. The van der Waals surface area contributed by atoms with Gasteiger partial charge in [-0.25, -0.2) is 4.68 Å². The fraction of sp³-hybridized carbons (Fsp3) is 0.643. The highest BCUT2D eigenvalue weighted by Crippen LogP contribution is 2.26. The van der Waals surface area contributed by atoms with Gasteiger partial charge in [0.2, 0.25) is 0 Å². The molecule has 0 fully saturated rings. The molecule has 0 amide bonds. The number of aromatic nitrogens is 2. The maximum absolute atomic E-state index is 12.1. The second-order valence-electron chi connectivity index (χ2n) is 6.06. The molecule has 1 aromatic rings. The second-order valence-corrected chi connectivity index (χ2v) is 6.85. The van der Waals surface area contributed by atoms with Crippen molar-refractivity contribution < 1.29 is 9.53 Å². The number of halogens is 1. The van der Waals surface area contributed by atoms with E-state index in [1.165, 1.54) is 13.3 Å². The van der Waals surface area contributed by atoms with Crippen molar-refractivity contribution in [2.45, 2.75) is 34.2 Å². The van der Waals surface area contributed by atoms with E-state index in [4.69, 9.17) is 0 Å². The average molecular weight is 360 g/mol. The van der Waals surface area contributed by atoms with Gasteiger partial charge < -0.3 is 10.1 Å². The Labute approximate surface area is 133 Å². The molecule has 0 saturated heterocycles. The van der Waals surface area contributed by atoms with Crippen LogP contribution in [-0.2, 0) is 16.1 Å². The number of methoxy groups -OCH3 is 1. The Morgan fingerprint density at radius 3 is 2.67 bits per heavy atom. The van der Waals surface area contributed by atoms with E-state index in [2.05, 4.69) is 58.8 Å². The molecule has 0 saturated carbocycles. The Morgan fingerprint density at radius 2 is 2.14 bits per heavy atom. The summed E-state index contributed by atoms with van der Waals surface area (Å²) in [6.07, 6.45) is 1.53. The van der Waals surface area contributed by atoms with E-state index in [1.807, 2.05) is 0 Å². The second kappa shape index (κ2) is 7.06. The first kappa shape index (κ1) is 17.7. The lowest BCUT2D eigenvalue weighted by Crippen LogP contribution is -2.29. The number of nitrogens with one attached hydrogen (secondary N) is 1. The molecule has 6 nitrogen and oxygen atoms in total. The molecule has 7 heteroatoms. The number of ether oxygens (including phenoxy) is 1. The zero-order valence-electron chi connectivity index (χ0n) is 13.1. The van der Waals surface area contributed by atoms with Crippen LogP contribution in [0.25, 0.3) is 0 Å². The lowest BCUT2D eigenvalue weighted by Gasteiger charge is -2.27. The van der Waals surface area contributed by atoms with Crippen molar-refractivity contribution in [3.8, 4) is 0 Å². The van der Waals surface area contributed by atoms with Gasteiger partial charge in [0.15, 0.2) is 0 Å². The Hall–Kier alpha value is -1.37. The molecule has 1 rings (SSSR count). The summed E-state index contributed by atoms with van der Waals surface area (Å²) in [7, 11) is 1.27. The van der Waals surface area contributed by atoms with Crippen LogP contribution >= 0.6 is 15.9 Å². The summed E-state index contributed by atoms with van der Waals surface area (Å²) in [5, 5.41) is 7.19. The van der Waals surface area contributed by atoms with E-state index < -0.39 is 5.97 Å². The third-order valence-corrected chi connectivity index (χ3v) is 4.33. The fourth-order valence-corrected chi connectivity index (χ4v) is 1.90. The van der Waals surface area contributed by atoms with Gasteiger partial charge in [-0.2, -0.15) is 5.10 Å². The van der Waals surface area contributed by atoms with Gasteiger partial charge in [-0.3, -0.25) is 9.59 Å². The van der Waals surface area contributed by atoms with Crippen LogP contribution in [0.1, 0.15) is 27.7 Å². The standard InChI is InChI=1S/C14H22BrN3O3/c1-9(14(2,3)4)6-16-10-7-17-18(8-11(19)21-5)13(20)12(10)15/h7,9,16H,6,8H2,1-5H3. The molecule has 1 N–H and O–H groups in total. The molecule has 0 aliphatic carbocycles. The molecule has 0 bridgehead atoms. The van der Waals surface area contributed by atoms with Crippen LogP contribution in [0.2, 0.25) is 0 Å². The van der Waals surface area contributed by atoms with Gasteiger partial charge in [-0.15, -0.1) is 0 Å². The van der Waals surface area contributed by atoms with E-state index in [0.717, 1.165) is 11.2 Å². The maximum atomic E-state index is 12.1. The van der Waals surface area contributed by atoms with E-state index in [-0.39, 0.29) is 17.5 Å². The molecular formula is C14H22BrN3O3. The first-order valence-electron chi connectivity index (χ1n) is 6.73. The van der Waals surface area contributed by atoms with Crippen LogP contribution < -0.4 is 10.9 Å². The molecule has 0 aromatic carbocycles. The van der Waals surface area contributed by atoms with Crippen molar-refractivity contribution in [3.05, 3.63) is 21.0 Å². The van der Waals surface area contributed by atoms with Crippen LogP contribution in [-0.4, -0.2) is 29.4 Å². The van der Waals surface area contributed by atoms with Crippen LogP contribution in [0.3, 0.4) is 0 Å². The van der Waals surface area contributed by atoms with Gasteiger partial charge in [0.1, 0.15) is 11.0 Å². The smallest absolute Gasteiger partial charge is 0.327 e. The number of hydrogen-bond acceptors (Lipinski definition) is 5. The van der Waals surface area contributed by atoms with E-state index >= 15 is 0 Å². The van der Waals surface area contributed by atoms with E-state index in [1.54, 1.807) is 0 Å². The third kappa shape index (κ3) is 4.84. The molecule has 1 unspecified atom stereocenters. The van der Waals surface area contributed by atoms with E-state index in [9.17, 15) is 9.59 Å². The molecule has 21 heavy (non-hydrogen) atoms. The number of anilines is 1. The monoisotopic (exact) mass is 359 g/mol. The average Bonchev–Trinajstić information content (AvgIpc) is 2.41. The summed E-state index contributed by atoms with van der Waals surface area (Å²) < 4.78 is 5.95. The van der Waals surface area contributed by atoms with Crippen molar-refractivity contribution in [2.75, 3.05) is 19.0 Å². The van der Waals surface area contributed by atoms with Gasteiger partial charge >= 0.3 is 5.97 Å². The molecule has 0 aliphatic heterocycles. The Kier molecular flexibility index (Phi) is 5.95. The minimum Gasteiger partial charge on any atom is -0.468 e. The molecule has 1 heterocycles. The molecule has 1 atom stereocenters. The number of esters is 1. The topological polar surface area (TPSA) is 73.2 Å². The summed E-state index contributed by atoms with van der Waals surface area (Å²) in [5.41, 5.74) is 0.429. The maximum Gasteiger partial charge on any atom is 0.327 e. The number of rotatable bonds is 5. The number of nitrogens with zero attached hydrogens (tertiary/aromatic N) is 2. The van der Waals surface area contributed by atoms with Crippen LogP contribution in [0.4, 0.5) is 5.69 Å². The minimum atomic E-state index is -0.515. The zero-order chi connectivity index (χ0) is 16.2. The Morgan fingerprint density at radius 1 is 1.52 bits per heavy atom. The van der Waals surface area contributed by atoms with Crippen molar-refractivity contribution in [3.63, 3.8) is 0 Å². The zero-order valence-corrected chi connectivity index (χ0v) is 14.7. The SMILES string of the molecule is COC(=O)Cn1ncc(NCC(C)C(C)(C)C)c(Br)c1=O. The van der Waals surface area contributed by atoms with Crippen molar-refractivity contribution in [1.82, 2.24) is 9.78 Å². The van der Waals surface area contributed by atoms with Crippen molar-refractivity contribution >= 4 is 27.6 Å². The van der Waals surface area contributed by atoms with Crippen molar-refractivity contribution in [1.29, 1.82) is 0 Å². The summed E-state index contributed by atoms with van der Waals surface area (Å²) in [4.78, 5) is 23.3. The summed E-state index contributed by atoms with van der Waals surface area (Å²) in [6.45, 7) is 9.17. The summed E-state index contributed by atoms with van der Waals surface area (Å²) >= 11 is 3.26. The first-order chi connectivity index (χ1) is 9.66. The molecule has 0 aliphatic rings. The number of carbonyl (C=O) groups excluding carboxylic acids is 1. The Balaban J connectivity index is 2.85. The van der Waals surface area contributed by atoms with Gasteiger partial charge in [-0.1, -0.05) is 27.7 Å². The molecule has 0 spiro atoms. The first-order valence-corrected chi connectivity index (χ1v) is 7.52. The highest BCUT2D eigenvalue weighted by atomic mass is 79.9. The molecule has 1 aromatic heterocycles. The van der Waals surface area contributed by atoms with Crippen LogP contribution in [0.5, 0.6) is 0 Å². The number of hydrogen-bond donors (Lipinski definition) is 1. The van der Waals surface area contributed by atoms with Gasteiger partial charge in [-0.05, 0) is 27.3 Å². The fourth-order valence-electron chi connectivity index (χ4n) is 1.46. The highest BCUT2D eigenvalue weighted by Gasteiger charge is 2.20. The third-order valence-electron chi connectivity index (χ3n) is 3.57. The molecule has 118 valence electrons. The number of carbonyl (C=O) groups is 1. The minimum absolute atomic E-state index is 0.173. The van der Waals surface area contributed by atoms with Gasteiger partial charge in [0.25, 0.3) is 5.56 Å². The van der Waals surface area contributed by atoms with Crippen molar-refractivity contribution in [2.24, 2.45) is 11.3 Å². The predicted octanol–water partition coefficient (Wildman–Crippen LogP) is 2.27. The lowest BCUT2D eigenvalue weighted by molar-refractivity contribution is -0.141. The van der Waals surface area contributed by atoms with E-state index in [0.29, 0.717) is 16.1 Å². The quantitative estimate of drug-likeness (QED) is 0.816. The van der Waals surface area contributed by atoms with Crippen LogP contribution in [0, 0.1) is 11.3 Å². The van der Waals surface area contributed by atoms with Gasteiger partial charge in [0.05, 0.1) is 19.0 Å². The Bertz CT molecular complexity index is 564. The van der Waals surface area contributed by atoms with Gasteiger partial charge in [0, 0.05) is 6.54 Å². The predicted molar refractivity (Wildman–Crippen MR) is 85.3 cm³/mol. The molecular weight excluding hydrogens is 338 g/mol. The van der Waals surface area contributed by atoms with Crippen LogP contribution in [0.15, 0.2) is 15.5 Å².